The molecule has 29 heavy (non-hydrogen) atoms. The van der Waals surface area contributed by atoms with E-state index in [0.29, 0.717) is 11.3 Å². The first-order chi connectivity index (χ1) is 14.1. The summed E-state index contributed by atoms with van der Waals surface area (Å²) in [4.78, 5) is 15.0. The summed E-state index contributed by atoms with van der Waals surface area (Å²) in [6, 6.07) is 17.4. The van der Waals surface area contributed by atoms with Crippen molar-refractivity contribution in [3.63, 3.8) is 0 Å². The molecule has 0 aliphatic carbocycles. The molecule has 1 N–H and O–H groups in total. The number of hydrogen-bond donors (Lipinski definition) is 1. The van der Waals surface area contributed by atoms with E-state index in [2.05, 4.69) is 10.2 Å². The number of anilines is 1. The summed E-state index contributed by atoms with van der Waals surface area (Å²) >= 11 is 0. The number of benzene rings is 2. The number of amides is 1. The van der Waals surface area contributed by atoms with E-state index in [-0.39, 0.29) is 11.6 Å². The van der Waals surface area contributed by atoms with Crippen LogP contribution in [0, 0.1) is 11.3 Å². The Morgan fingerprint density at radius 3 is 2.55 bits per heavy atom. The minimum Gasteiger partial charge on any atom is -0.496 e. The molecule has 0 saturated carbocycles. The molecule has 1 heterocycles. The molecule has 5 heteroatoms. The number of piperidine rings is 1. The molecule has 1 saturated heterocycles. The van der Waals surface area contributed by atoms with E-state index in [9.17, 15) is 10.1 Å². The van der Waals surface area contributed by atoms with Crippen LogP contribution in [0.25, 0.3) is 6.08 Å². The second-order valence-electron chi connectivity index (χ2n) is 7.25. The molecule has 1 fully saturated rings. The Morgan fingerprint density at radius 2 is 1.90 bits per heavy atom. The standard InChI is InChI=1S/C24H27N3O2/c1-18(19-9-5-3-6-10-19)26-24(28)21(17-25)15-20-11-12-22(16-23(20)29-2)27-13-7-4-8-14-27/h3,5-6,9-12,15-16,18H,4,7-8,13-14H2,1-2H3,(H,26,28)/b21-15-/t18-/m1/s1. The van der Waals surface area contributed by atoms with Gasteiger partial charge in [0.25, 0.3) is 5.91 Å². The average Bonchev–Trinajstić information content (AvgIpc) is 2.78. The van der Waals surface area contributed by atoms with E-state index in [1.165, 1.54) is 19.3 Å². The normalized spacial score (nSPS) is 15.3. The van der Waals surface area contributed by atoms with E-state index < -0.39 is 5.91 Å². The predicted octanol–water partition coefficient (Wildman–Crippen LogP) is 4.47. The molecule has 0 spiro atoms. The maximum absolute atomic E-state index is 12.6. The summed E-state index contributed by atoms with van der Waals surface area (Å²) < 4.78 is 5.54. The van der Waals surface area contributed by atoms with Crippen molar-refractivity contribution in [3.05, 3.63) is 65.2 Å². The van der Waals surface area contributed by atoms with Crippen LogP contribution in [0.5, 0.6) is 5.75 Å². The van der Waals surface area contributed by atoms with Crippen LogP contribution in [0.4, 0.5) is 5.69 Å². The molecule has 0 unspecified atom stereocenters. The van der Waals surface area contributed by atoms with Crippen molar-refractivity contribution in [2.24, 2.45) is 0 Å². The Morgan fingerprint density at radius 1 is 1.17 bits per heavy atom. The van der Waals surface area contributed by atoms with E-state index in [1.54, 1.807) is 13.2 Å². The number of carbonyl (C=O) groups excluding carboxylic acids is 1. The van der Waals surface area contributed by atoms with Gasteiger partial charge in [0.05, 0.1) is 13.2 Å². The minimum absolute atomic E-state index is 0.0526. The van der Waals surface area contributed by atoms with Crippen molar-refractivity contribution in [2.45, 2.75) is 32.2 Å². The van der Waals surface area contributed by atoms with Gasteiger partial charge in [-0.15, -0.1) is 0 Å². The minimum atomic E-state index is -0.397. The molecule has 1 aliphatic heterocycles. The summed E-state index contributed by atoms with van der Waals surface area (Å²) in [5, 5.41) is 12.4. The number of nitrogens with one attached hydrogen (secondary N) is 1. The molecule has 5 nitrogen and oxygen atoms in total. The van der Waals surface area contributed by atoms with Gasteiger partial charge in [0.15, 0.2) is 0 Å². The van der Waals surface area contributed by atoms with E-state index in [4.69, 9.17) is 4.74 Å². The molecule has 1 atom stereocenters. The molecule has 3 rings (SSSR count). The molecule has 2 aromatic carbocycles. The smallest absolute Gasteiger partial charge is 0.262 e. The fraction of sp³-hybridized carbons (Fsp3) is 0.333. The number of rotatable bonds is 6. The molecule has 0 radical (unpaired) electrons. The maximum atomic E-state index is 12.6. The van der Waals surface area contributed by atoms with Crippen LogP contribution in [0.2, 0.25) is 0 Å². The molecule has 0 aromatic heterocycles. The Balaban J connectivity index is 1.78. The zero-order valence-corrected chi connectivity index (χ0v) is 17.0. The Labute approximate surface area is 172 Å². The van der Waals surface area contributed by atoms with Gasteiger partial charge >= 0.3 is 0 Å². The van der Waals surface area contributed by atoms with Gasteiger partial charge in [-0.2, -0.15) is 5.26 Å². The first-order valence-electron chi connectivity index (χ1n) is 10.0. The summed E-state index contributed by atoms with van der Waals surface area (Å²) in [7, 11) is 1.61. The van der Waals surface area contributed by atoms with E-state index in [1.807, 2.05) is 61.5 Å². The van der Waals surface area contributed by atoms with Gasteiger partial charge in [-0.25, -0.2) is 0 Å². The summed E-state index contributed by atoms with van der Waals surface area (Å²) in [6.45, 7) is 3.99. The molecule has 1 aliphatic rings. The van der Waals surface area contributed by atoms with Crippen LogP contribution < -0.4 is 15.0 Å². The number of methoxy groups -OCH3 is 1. The fourth-order valence-electron chi connectivity index (χ4n) is 3.57. The first-order valence-corrected chi connectivity index (χ1v) is 10.0. The number of carbonyl (C=O) groups is 1. The van der Waals surface area contributed by atoms with E-state index >= 15 is 0 Å². The first kappa shape index (κ1) is 20.5. The molecular weight excluding hydrogens is 362 g/mol. The fourth-order valence-corrected chi connectivity index (χ4v) is 3.57. The van der Waals surface area contributed by atoms with Gasteiger partial charge in [-0.05, 0) is 50.0 Å². The lowest BCUT2D eigenvalue weighted by molar-refractivity contribution is -0.117. The third-order valence-corrected chi connectivity index (χ3v) is 5.25. The summed E-state index contributed by atoms with van der Waals surface area (Å²) in [6.07, 6.45) is 5.26. The largest absolute Gasteiger partial charge is 0.496 e. The quantitative estimate of drug-likeness (QED) is 0.585. The van der Waals surface area contributed by atoms with E-state index in [0.717, 1.165) is 24.3 Å². The third kappa shape index (κ3) is 5.17. The van der Waals surface area contributed by atoms with Gasteiger partial charge in [0.2, 0.25) is 0 Å². The zero-order valence-electron chi connectivity index (χ0n) is 17.0. The molecule has 2 aromatic rings. The lowest BCUT2D eigenvalue weighted by atomic mass is 10.1. The number of ether oxygens (including phenoxy) is 1. The second kappa shape index (κ2) is 9.79. The second-order valence-corrected chi connectivity index (χ2v) is 7.25. The van der Waals surface area contributed by atoms with Crippen molar-refractivity contribution in [1.29, 1.82) is 5.26 Å². The average molecular weight is 389 g/mol. The monoisotopic (exact) mass is 389 g/mol. The predicted molar refractivity (Wildman–Crippen MR) is 116 cm³/mol. The highest BCUT2D eigenvalue weighted by molar-refractivity contribution is 6.02. The number of nitriles is 1. The van der Waals surface area contributed by atoms with Crippen molar-refractivity contribution in [3.8, 4) is 11.8 Å². The summed E-state index contributed by atoms with van der Waals surface area (Å²) in [5.41, 5.74) is 2.87. The Hall–Kier alpha value is -3.26. The molecule has 0 bridgehead atoms. The van der Waals surface area contributed by atoms with Crippen molar-refractivity contribution < 1.29 is 9.53 Å². The number of nitrogens with zero attached hydrogens (tertiary/aromatic N) is 2. The van der Waals surface area contributed by atoms with Crippen molar-refractivity contribution >= 4 is 17.7 Å². The molecule has 1 amide bonds. The lowest BCUT2D eigenvalue weighted by Gasteiger charge is -2.29. The topological polar surface area (TPSA) is 65.4 Å². The lowest BCUT2D eigenvalue weighted by Crippen LogP contribution is -2.29. The Kier molecular flexibility index (Phi) is 6.91. The zero-order chi connectivity index (χ0) is 20.6. The van der Waals surface area contributed by atoms with Crippen molar-refractivity contribution in [1.82, 2.24) is 5.32 Å². The highest BCUT2D eigenvalue weighted by atomic mass is 16.5. The molecule has 150 valence electrons. The van der Waals surface area contributed by atoms with Gasteiger partial charge < -0.3 is 15.0 Å². The third-order valence-electron chi connectivity index (χ3n) is 5.25. The van der Waals surface area contributed by atoms with Crippen LogP contribution in [-0.2, 0) is 4.79 Å². The van der Waals surface area contributed by atoms with Gasteiger partial charge in [-0.1, -0.05) is 30.3 Å². The van der Waals surface area contributed by atoms with Gasteiger partial charge in [0.1, 0.15) is 17.4 Å². The van der Waals surface area contributed by atoms with Crippen molar-refractivity contribution in [2.75, 3.05) is 25.1 Å². The SMILES string of the molecule is COc1cc(N2CCCCC2)ccc1/C=C(/C#N)C(=O)N[C@H](C)c1ccccc1. The Bertz CT molecular complexity index is 909. The van der Waals surface area contributed by atoms with Crippen LogP contribution >= 0.6 is 0 Å². The van der Waals surface area contributed by atoms with Crippen LogP contribution in [0.15, 0.2) is 54.1 Å². The van der Waals surface area contributed by atoms with Crippen LogP contribution in [0.3, 0.4) is 0 Å². The van der Waals surface area contributed by atoms with Gasteiger partial charge in [0, 0.05) is 30.4 Å². The van der Waals surface area contributed by atoms with Crippen LogP contribution in [-0.4, -0.2) is 26.1 Å². The van der Waals surface area contributed by atoms with Gasteiger partial charge in [-0.3, -0.25) is 4.79 Å². The molecular formula is C24H27N3O2. The number of hydrogen-bond acceptors (Lipinski definition) is 4. The summed E-state index contributed by atoms with van der Waals surface area (Å²) in [5.74, 6) is 0.260. The van der Waals surface area contributed by atoms with Crippen LogP contribution in [0.1, 0.15) is 43.4 Å². The highest BCUT2D eigenvalue weighted by Crippen LogP contribution is 2.29. The maximum Gasteiger partial charge on any atom is 0.262 e. The highest BCUT2D eigenvalue weighted by Gasteiger charge is 2.16.